The maximum Gasteiger partial charge on any atom is 0.335 e. The van der Waals surface area contributed by atoms with E-state index in [9.17, 15) is 14.7 Å². The fourth-order valence-electron chi connectivity index (χ4n) is 4.83. The maximum atomic E-state index is 13.7. The number of hydrogen-bond acceptors (Lipinski definition) is 5. The van der Waals surface area contributed by atoms with Gasteiger partial charge in [0.2, 0.25) is 0 Å². The number of fused-ring (bicyclic) bond motifs is 2. The van der Waals surface area contributed by atoms with E-state index in [1.165, 1.54) is 12.1 Å². The lowest BCUT2D eigenvalue weighted by Gasteiger charge is -2.16. The summed E-state index contributed by atoms with van der Waals surface area (Å²) < 4.78 is 5.84. The molecule has 2 N–H and O–H groups in total. The van der Waals surface area contributed by atoms with Crippen molar-refractivity contribution >= 4 is 44.9 Å². The number of benzene rings is 4. The summed E-state index contributed by atoms with van der Waals surface area (Å²) in [6.07, 6.45) is 0.492. The number of carbonyl (C=O) groups excluding carboxylic acids is 1. The third-order valence-corrected chi connectivity index (χ3v) is 7.80. The van der Waals surface area contributed by atoms with Crippen molar-refractivity contribution in [1.82, 2.24) is 10.5 Å². The molecule has 192 valence electrons. The van der Waals surface area contributed by atoms with E-state index in [-0.39, 0.29) is 17.5 Å². The summed E-state index contributed by atoms with van der Waals surface area (Å²) in [4.78, 5) is 26.0. The summed E-state index contributed by atoms with van der Waals surface area (Å²) in [6, 6.07) is 28.5. The third-order valence-electron chi connectivity index (χ3n) is 6.88. The summed E-state index contributed by atoms with van der Waals surface area (Å²) in [5.41, 5.74) is 4.08. The van der Waals surface area contributed by atoms with Gasteiger partial charge in [-0.15, -0.1) is 11.3 Å². The number of carbonyl (C=O) groups is 2. The van der Waals surface area contributed by atoms with Gasteiger partial charge in [0.15, 0.2) is 0 Å². The van der Waals surface area contributed by atoms with Crippen LogP contribution >= 0.6 is 11.3 Å². The molecule has 0 spiro atoms. The highest BCUT2D eigenvalue weighted by Crippen LogP contribution is 2.33. The molecule has 6 nitrogen and oxygen atoms in total. The molecule has 0 aliphatic heterocycles. The zero-order chi connectivity index (χ0) is 26.9. The van der Waals surface area contributed by atoms with Crippen molar-refractivity contribution in [3.63, 3.8) is 0 Å². The second kappa shape index (κ2) is 10.2. The minimum Gasteiger partial charge on any atom is -0.478 e. The molecule has 0 aliphatic rings. The Bertz CT molecular complexity index is 1820. The van der Waals surface area contributed by atoms with Crippen LogP contribution in [-0.2, 0) is 6.42 Å². The number of aromatic carboxylic acids is 1. The minimum absolute atomic E-state index is 0.199. The van der Waals surface area contributed by atoms with Crippen molar-refractivity contribution in [2.24, 2.45) is 0 Å². The highest BCUT2D eigenvalue weighted by molar-refractivity contribution is 7.13. The fraction of sp³-hybridized carbons (Fsp3) is 0.0938. The van der Waals surface area contributed by atoms with E-state index in [1.807, 2.05) is 48.7 Å². The predicted molar refractivity (Wildman–Crippen MR) is 153 cm³/mol. The van der Waals surface area contributed by atoms with Gasteiger partial charge >= 0.3 is 5.97 Å². The topological polar surface area (TPSA) is 92.4 Å². The number of amides is 1. The number of hydrogen-bond donors (Lipinski definition) is 2. The van der Waals surface area contributed by atoms with E-state index >= 15 is 0 Å². The van der Waals surface area contributed by atoms with Crippen LogP contribution in [0.5, 0.6) is 0 Å². The first-order valence-corrected chi connectivity index (χ1v) is 13.4. The van der Waals surface area contributed by atoms with Crippen LogP contribution in [0.4, 0.5) is 0 Å². The molecule has 0 bridgehead atoms. The lowest BCUT2D eigenvalue weighted by Crippen LogP contribution is -2.27. The Morgan fingerprint density at radius 3 is 2.49 bits per heavy atom. The monoisotopic (exact) mass is 532 g/mol. The molecule has 0 saturated carbocycles. The van der Waals surface area contributed by atoms with Gasteiger partial charge in [-0.25, -0.2) is 4.79 Å². The van der Waals surface area contributed by atoms with Crippen LogP contribution in [0.2, 0.25) is 0 Å². The molecule has 6 rings (SSSR count). The van der Waals surface area contributed by atoms with Gasteiger partial charge in [0.25, 0.3) is 5.91 Å². The summed E-state index contributed by atoms with van der Waals surface area (Å²) in [6.45, 7) is 1.87. The normalized spacial score (nSPS) is 12.0. The van der Waals surface area contributed by atoms with Gasteiger partial charge in [0, 0.05) is 11.3 Å². The Morgan fingerprint density at radius 1 is 0.949 bits per heavy atom. The van der Waals surface area contributed by atoms with E-state index in [1.54, 1.807) is 23.5 Å². The quantitative estimate of drug-likeness (QED) is 0.222. The number of rotatable bonds is 7. The largest absolute Gasteiger partial charge is 0.478 e. The van der Waals surface area contributed by atoms with Gasteiger partial charge in [0.05, 0.1) is 22.6 Å². The van der Waals surface area contributed by atoms with Gasteiger partial charge in [-0.2, -0.15) is 0 Å². The van der Waals surface area contributed by atoms with E-state index < -0.39 is 5.97 Å². The molecule has 4 aromatic carbocycles. The molecule has 6 aromatic rings. The second-order valence-corrected chi connectivity index (χ2v) is 10.4. The van der Waals surface area contributed by atoms with Crippen molar-refractivity contribution < 1.29 is 19.2 Å². The summed E-state index contributed by atoms with van der Waals surface area (Å²) in [7, 11) is 0. The lowest BCUT2D eigenvalue weighted by molar-refractivity contribution is 0.0696. The average molecular weight is 533 g/mol. The molecule has 7 heteroatoms. The van der Waals surface area contributed by atoms with Crippen LogP contribution in [0, 0.1) is 0 Å². The van der Waals surface area contributed by atoms with E-state index in [2.05, 4.69) is 40.8 Å². The van der Waals surface area contributed by atoms with Gasteiger partial charge < -0.3 is 14.9 Å². The zero-order valence-corrected chi connectivity index (χ0v) is 21.9. The van der Waals surface area contributed by atoms with Gasteiger partial charge in [-0.3, -0.25) is 4.79 Å². The molecule has 2 heterocycles. The Hall–Kier alpha value is -4.75. The van der Waals surface area contributed by atoms with Gasteiger partial charge in [-0.1, -0.05) is 65.8 Å². The van der Waals surface area contributed by atoms with E-state index in [4.69, 9.17) is 4.52 Å². The number of carboxylic acid groups (broad SMARTS) is 1. The van der Waals surface area contributed by atoms with E-state index in [0.29, 0.717) is 28.6 Å². The molecule has 0 unspecified atom stereocenters. The molecule has 0 radical (unpaired) electrons. The van der Waals surface area contributed by atoms with Crippen molar-refractivity contribution in [3.05, 3.63) is 124 Å². The van der Waals surface area contributed by atoms with Crippen molar-refractivity contribution in [2.45, 2.75) is 19.4 Å². The first-order valence-electron chi connectivity index (χ1n) is 12.5. The van der Waals surface area contributed by atoms with Crippen molar-refractivity contribution in [2.75, 3.05) is 0 Å². The Kier molecular flexibility index (Phi) is 6.42. The summed E-state index contributed by atoms with van der Waals surface area (Å²) in [5.74, 6) is -0.616. The Labute approximate surface area is 228 Å². The number of aromatic nitrogens is 1. The third kappa shape index (κ3) is 4.92. The smallest absolute Gasteiger partial charge is 0.335 e. The average Bonchev–Trinajstić information content (AvgIpc) is 3.63. The van der Waals surface area contributed by atoms with Crippen molar-refractivity contribution in [1.29, 1.82) is 0 Å². The fourth-order valence-corrected chi connectivity index (χ4v) is 5.55. The molecular weight excluding hydrogens is 508 g/mol. The number of thiophene rings is 1. The number of carboxylic acids is 1. The molecule has 1 atom stereocenters. The molecule has 1 amide bonds. The molecule has 39 heavy (non-hydrogen) atoms. The first kappa shape index (κ1) is 24.6. The predicted octanol–water partition coefficient (Wildman–Crippen LogP) is 7.49. The number of nitrogens with zero attached hydrogens (tertiary/aromatic N) is 1. The summed E-state index contributed by atoms with van der Waals surface area (Å²) >= 11 is 1.59. The molecular formula is C32H24N2O4S. The molecule has 2 aromatic heterocycles. The van der Waals surface area contributed by atoms with Gasteiger partial charge in [-0.05, 0) is 70.1 Å². The molecule has 0 fully saturated rings. The van der Waals surface area contributed by atoms with Crippen LogP contribution in [0.15, 0.2) is 101 Å². The first-order chi connectivity index (χ1) is 19.0. The summed E-state index contributed by atoms with van der Waals surface area (Å²) in [5, 5.41) is 21.6. The minimum atomic E-state index is -0.988. The standard InChI is InChI=1S/C32H24N2O4S/c1-19(21-10-12-23(13-11-21)32(36)37)33-31(35)26-17-25(29-7-4-14-39-29)18-27-30(26)28(38-34-27)16-20-8-9-22-5-2-3-6-24(22)15-20/h2-15,17-19H,16H2,1H3,(H,33,35)(H,36,37)/t19-/m0/s1. The zero-order valence-electron chi connectivity index (χ0n) is 21.0. The van der Waals surface area contributed by atoms with Crippen LogP contribution in [-0.4, -0.2) is 22.1 Å². The molecule has 0 aliphatic carbocycles. The van der Waals surface area contributed by atoms with Crippen LogP contribution in [0.25, 0.3) is 32.1 Å². The van der Waals surface area contributed by atoms with Crippen LogP contribution in [0.3, 0.4) is 0 Å². The van der Waals surface area contributed by atoms with E-state index in [0.717, 1.165) is 32.3 Å². The SMILES string of the molecule is C[C@H](NC(=O)c1cc(-c2cccs2)cc2noc(Cc3ccc4ccccc4c3)c12)c1ccc(C(=O)O)cc1. The maximum absolute atomic E-state index is 13.7. The van der Waals surface area contributed by atoms with Crippen LogP contribution in [0.1, 0.15) is 50.6 Å². The highest BCUT2D eigenvalue weighted by Gasteiger charge is 2.22. The van der Waals surface area contributed by atoms with Crippen LogP contribution < -0.4 is 5.32 Å². The Morgan fingerprint density at radius 2 is 1.74 bits per heavy atom. The number of nitrogens with one attached hydrogen (secondary N) is 1. The van der Waals surface area contributed by atoms with Gasteiger partial charge in [0.1, 0.15) is 11.3 Å². The molecule has 0 saturated heterocycles. The highest BCUT2D eigenvalue weighted by atomic mass is 32.1. The second-order valence-electron chi connectivity index (χ2n) is 9.48. The Balaban J connectivity index is 1.38. The van der Waals surface area contributed by atoms with Crippen molar-refractivity contribution in [3.8, 4) is 10.4 Å². The lowest BCUT2D eigenvalue weighted by atomic mass is 9.98.